The van der Waals surface area contributed by atoms with Gasteiger partial charge in [0.05, 0.1) is 30.5 Å². The van der Waals surface area contributed by atoms with Gasteiger partial charge in [0.25, 0.3) is 11.7 Å². The molecule has 3 fully saturated rings. The van der Waals surface area contributed by atoms with E-state index in [0.717, 1.165) is 12.0 Å². The fraction of sp³-hybridized carbons (Fsp3) is 0.750. The number of methoxy groups -OCH3 is 2. The quantitative estimate of drug-likeness (QED) is 0.139. The van der Waals surface area contributed by atoms with E-state index in [9.17, 15) is 39.3 Å². The summed E-state index contributed by atoms with van der Waals surface area (Å²) in [6.45, 7) is 14.9. The molecule has 4 aliphatic rings. The summed E-state index contributed by atoms with van der Waals surface area (Å²) in [6.07, 6.45) is 13.5. The number of cyclic esters (lactones) is 1. The second-order valence-electron chi connectivity index (χ2n) is 19.9. The second-order valence-corrected chi connectivity index (χ2v) is 19.9. The van der Waals surface area contributed by atoms with Crippen LogP contribution in [0.15, 0.2) is 47.6 Å². The topological polar surface area (TPSA) is 186 Å². The molecule has 3 N–H and O–H groups in total. The van der Waals surface area contributed by atoms with Crippen LogP contribution < -0.4 is 0 Å². The Bertz CT molecular complexity index is 1750. The first-order valence-corrected chi connectivity index (χ1v) is 24.4. The molecule has 15 atom stereocenters. The van der Waals surface area contributed by atoms with Gasteiger partial charge < -0.3 is 39.2 Å². The molecule has 3 aliphatic heterocycles. The van der Waals surface area contributed by atoms with E-state index in [1.54, 1.807) is 41.1 Å². The lowest BCUT2D eigenvalue weighted by Crippen LogP contribution is -2.61. The van der Waals surface area contributed by atoms with Crippen LogP contribution in [-0.2, 0) is 42.9 Å². The Labute approximate surface area is 388 Å². The molecule has 1 saturated carbocycles. The molecule has 0 aromatic carbocycles. The van der Waals surface area contributed by atoms with Gasteiger partial charge in [-0.3, -0.25) is 19.2 Å². The minimum atomic E-state index is -2.42. The van der Waals surface area contributed by atoms with Crippen LogP contribution in [-0.4, -0.2) is 119 Å². The zero-order chi connectivity index (χ0) is 48.2. The Kier molecular flexibility index (Phi) is 21.0. The SMILES string of the molecule is CC[C@H]1C(=O)[C@H](C)C[C@H](C)/C=C/C=C/C=C(\C)[C@@H](OC)C[C@@H]2CC[C@@H](C)[C@@](O)(O2)C(=O)C(=O)N2CCCC[C@H]2C(=O)O[C@H]([C@H](C)C[C@@H]2CC[C@@H](O)[C@H](OC)C2)CC(=O)[C@H](C)/C=C(\C)[C@H]1O. The number of allylic oxidation sites excluding steroid dienone is 6. The lowest BCUT2D eigenvalue weighted by molar-refractivity contribution is -0.265. The first-order valence-electron chi connectivity index (χ1n) is 24.4. The smallest absolute Gasteiger partial charge is 0.329 e. The minimum Gasteiger partial charge on any atom is -0.460 e. The number of Topliss-reactive ketones (excluding diaryl/α,β-unsaturated/α-hetero) is 3. The number of esters is 1. The minimum absolute atomic E-state index is 0.0332. The average molecular weight is 912 g/mol. The van der Waals surface area contributed by atoms with Gasteiger partial charge in [-0.05, 0) is 113 Å². The van der Waals surface area contributed by atoms with Gasteiger partial charge in [-0.15, -0.1) is 0 Å². The monoisotopic (exact) mass is 912 g/mol. The van der Waals surface area contributed by atoms with Crippen molar-refractivity contribution in [2.24, 2.45) is 41.4 Å². The van der Waals surface area contributed by atoms with E-state index in [4.69, 9.17) is 18.9 Å². The largest absolute Gasteiger partial charge is 0.460 e. The van der Waals surface area contributed by atoms with Gasteiger partial charge >= 0.3 is 5.97 Å². The van der Waals surface area contributed by atoms with Crippen LogP contribution in [0.25, 0.3) is 0 Å². The first-order chi connectivity index (χ1) is 30.7. The molecule has 1 amide bonds. The Morgan fingerprint density at radius 3 is 2.28 bits per heavy atom. The molecule has 2 bridgehead atoms. The molecule has 2 saturated heterocycles. The number of hydrogen-bond acceptors (Lipinski definition) is 12. The van der Waals surface area contributed by atoms with E-state index >= 15 is 0 Å². The number of aliphatic hydroxyl groups is 3. The molecule has 13 heteroatoms. The summed E-state index contributed by atoms with van der Waals surface area (Å²) in [7, 11) is 3.16. The third-order valence-electron chi connectivity index (χ3n) is 14.8. The lowest BCUT2D eigenvalue weighted by Gasteiger charge is -2.42. The summed E-state index contributed by atoms with van der Waals surface area (Å²) in [5.41, 5.74) is 1.41. The molecule has 0 spiro atoms. The van der Waals surface area contributed by atoms with Crippen molar-refractivity contribution in [3.63, 3.8) is 0 Å². The molecule has 4 rings (SSSR count). The Balaban J connectivity index is 1.70. The fourth-order valence-corrected chi connectivity index (χ4v) is 10.5. The average Bonchev–Trinajstić information content (AvgIpc) is 3.28. The summed E-state index contributed by atoms with van der Waals surface area (Å²) in [5, 5.41) is 34.0. The third kappa shape index (κ3) is 14.3. The number of nitrogens with zero attached hydrogens (tertiary/aromatic N) is 1. The number of rotatable bonds is 6. The third-order valence-corrected chi connectivity index (χ3v) is 14.8. The summed E-state index contributed by atoms with van der Waals surface area (Å²) < 4.78 is 23.8. The predicted molar refractivity (Wildman–Crippen MR) is 248 cm³/mol. The maximum atomic E-state index is 14.4. The normalized spacial score (nSPS) is 40.4. The van der Waals surface area contributed by atoms with E-state index in [1.807, 2.05) is 65.0 Å². The van der Waals surface area contributed by atoms with Crippen LogP contribution >= 0.6 is 0 Å². The summed E-state index contributed by atoms with van der Waals surface area (Å²) >= 11 is 0. The van der Waals surface area contributed by atoms with E-state index in [2.05, 4.69) is 0 Å². The van der Waals surface area contributed by atoms with Crippen molar-refractivity contribution < 1.29 is 58.2 Å². The molecular formula is C52H81NO12. The molecule has 0 aromatic rings. The number of ketones is 3. The highest BCUT2D eigenvalue weighted by atomic mass is 16.6. The zero-order valence-electron chi connectivity index (χ0n) is 40.9. The van der Waals surface area contributed by atoms with Crippen molar-refractivity contribution in [2.75, 3.05) is 20.8 Å². The van der Waals surface area contributed by atoms with Crippen molar-refractivity contribution >= 4 is 29.2 Å². The van der Waals surface area contributed by atoms with Crippen LogP contribution in [0.1, 0.15) is 139 Å². The summed E-state index contributed by atoms with van der Waals surface area (Å²) in [4.78, 5) is 72.0. The Morgan fingerprint density at radius 1 is 0.877 bits per heavy atom. The maximum absolute atomic E-state index is 14.4. The van der Waals surface area contributed by atoms with Crippen LogP contribution in [0.3, 0.4) is 0 Å². The lowest BCUT2D eigenvalue weighted by atomic mass is 9.78. The Morgan fingerprint density at radius 2 is 1.60 bits per heavy atom. The first kappa shape index (κ1) is 54.3. The van der Waals surface area contributed by atoms with Gasteiger partial charge in [-0.2, -0.15) is 0 Å². The van der Waals surface area contributed by atoms with Crippen molar-refractivity contribution in [3.05, 3.63) is 47.6 Å². The number of carbonyl (C=O) groups excluding carboxylic acids is 5. The van der Waals surface area contributed by atoms with Crippen molar-refractivity contribution in [3.8, 4) is 0 Å². The number of amides is 1. The highest BCUT2D eigenvalue weighted by Crippen LogP contribution is 2.38. The van der Waals surface area contributed by atoms with Crippen LogP contribution in [0.4, 0.5) is 0 Å². The number of hydrogen-bond donors (Lipinski definition) is 3. The van der Waals surface area contributed by atoms with Crippen LogP contribution in [0.2, 0.25) is 0 Å². The number of aliphatic hydroxyl groups excluding tert-OH is 2. The van der Waals surface area contributed by atoms with Gasteiger partial charge in [0.15, 0.2) is 0 Å². The van der Waals surface area contributed by atoms with E-state index in [-0.39, 0.29) is 60.7 Å². The molecule has 0 radical (unpaired) electrons. The standard InChI is InChI=1S/C52H81NO12/c1-11-40-47(56)35(6)25-31(2)17-13-12-14-18-32(3)44(62-9)29-39-22-20-37(8)52(61,65-39)49(58)50(59)53-24-16-15-19-41(53)51(60)64-45(30-43(55)33(4)26-36(7)48(40)57)34(5)27-38-21-23-42(54)46(28-38)63-10/h12-14,17-18,26,31,33-35,37-42,44-46,48,54,57,61H,11,15-16,19-25,27-30H2,1-10H3/b14-12+,17-13+,32-18+,36-26+/t31-,33-,34-,35-,37-,38+,39+,40+,41+,42-,44+,45+,46-,48-,52-/m1/s1. The van der Waals surface area contributed by atoms with Gasteiger partial charge in [0.2, 0.25) is 5.79 Å². The summed E-state index contributed by atoms with van der Waals surface area (Å²) in [5.74, 6) is -8.03. The number of ether oxygens (including phenoxy) is 4. The van der Waals surface area contributed by atoms with Crippen LogP contribution in [0.5, 0.6) is 0 Å². The van der Waals surface area contributed by atoms with Gasteiger partial charge in [-0.25, -0.2) is 4.79 Å². The molecule has 3 heterocycles. The van der Waals surface area contributed by atoms with Crippen LogP contribution in [0, 0.1) is 41.4 Å². The van der Waals surface area contributed by atoms with Crippen molar-refractivity contribution in [2.45, 2.75) is 187 Å². The molecule has 65 heavy (non-hydrogen) atoms. The number of carbonyl (C=O) groups is 5. The van der Waals surface area contributed by atoms with E-state index < -0.39 is 77.8 Å². The molecule has 366 valence electrons. The van der Waals surface area contributed by atoms with Crippen molar-refractivity contribution in [1.29, 1.82) is 0 Å². The highest BCUT2D eigenvalue weighted by Gasteiger charge is 2.53. The molecule has 0 unspecified atom stereocenters. The summed E-state index contributed by atoms with van der Waals surface area (Å²) in [6, 6.07) is -1.13. The zero-order valence-corrected chi connectivity index (χ0v) is 40.9. The Hall–Kier alpha value is -3.33. The number of fused-ring (bicyclic) bond motifs is 3. The van der Waals surface area contributed by atoms with Gasteiger partial charge in [-0.1, -0.05) is 78.0 Å². The van der Waals surface area contributed by atoms with Gasteiger partial charge in [0.1, 0.15) is 23.7 Å². The van der Waals surface area contributed by atoms with E-state index in [0.29, 0.717) is 69.8 Å². The fourth-order valence-electron chi connectivity index (χ4n) is 10.5. The molecule has 1 aliphatic carbocycles. The van der Waals surface area contributed by atoms with E-state index in [1.165, 1.54) is 4.90 Å². The van der Waals surface area contributed by atoms with Crippen molar-refractivity contribution in [1.82, 2.24) is 4.90 Å². The molecular weight excluding hydrogens is 831 g/mol. The number of piperidine rings is 1. The maximum Gasteiger partial charge on any atom is 0.329 e. The highest BCUT2D eigenvalue weighted by molar-refractivity contribution is 6.39. The molecule has 0 aromatic heterocycles. The molecule has 13 nitrogen and oxygen atoms in total. The second kappa shape index (κ2) is 25.2. The van der Waals surface area contributed by atoms with Gasteiger partial charge in [0, 0.05) is 57.3 Å². The predicted octanol–water partition coefficient (Wildman–Crippen LogP) is 7.19.